The molecular formula is C34H28CoN6. The molecule has 0 saturated carbocycles. The van der Waals surface area contributed by atoms with Gasteiger partial charge < -0.3 is 4.57 Å². The predicted octanol–water partition coefficient (Wildman–Crippen LogP) is 6.51. The summed E-state index contributed by atoms with van der Waals surface area (Å²) in [5.74, 6) is 1.92. The van der Waals surface area contributed by atoms with Gasteiger partial charge in [0, 0.05) is 50.7 Å². The molecule has 5 heterocycles. The summed E-state index contributed by atoms with van der Waals surface area (Å²) in [5.41, 5.74) is 8.73. The quantitative estimate of drug-likeness (QED) is 0.177. The van der Waals surface area contributed by atoms with E-state index in [-0.39, 0.29) is 16.8 Å². The Hall–Kier alpha value is -4.46. The Morgan fingerprint density at radius 3 is 2.54 bits per heavy atom. The van der Waals surface area contributed by atoms with E-state index in [0.717, 1.165) is 58.1 Å². The molecule has 0 N–H and O–H groups in total. The number of fused-ring (bicyclic) bond motifs is 6. The number of allylic oxidation sites excluding steroid dienone is 1. The summed E-state index contributed by atoms with van der Waals surface area (Å²) >= 11 is 0. The smallest absolute Gasteiger partial charge is 0.284 e. The molecule has 0 bridgehead atoms. The largest absolute Gasteiger partial charge is 0.322 e. The number of para-hydroxylation sites is 1. The fourth-order valence-corrected chi connectivity index (χ4v) is 6.31. The second-order valence-electron chi connectivity index (χ2n) is 10.6. The number of nitrogens with zero attached hydrogens (tertiary/aromatic N) is 6. The summed E-state index contributed by atoms with van der Waals surface area (Å²) in [4.78, 5) is 5.22. The summed E-state index contributed by atoms with van der Waals surface area (Å²) < 4.78 is 8.73. The molecule has 0 spiro atoms. The van der Waals surface area contributed by atoms with Gasteiger partial charge in [-0.05, 0) is 62.4 Å². The molecule has 1 aliphatic carbocycles. The van der Waals surface area contributed by atoms with Crippen LogP contribution in [0.25, 0.3) is 56.2 Å². The number of hydrogen-bond donors (Lipinski definition) is 0. The van der Waals surface area contributed by atoms with E-state index in [1.165, 1.54) is 27.5 Å². The van der Waals surface area contributed by atoms with Crippen molar-refractivity contribution >= 4 is 38.9 Å². The van der Waals surface area contributed by atoms with Crippen molar-refractivity contribution in [2.75, 3.05) is 0 Å². The third-order valence-electron chi connectivity index (χ3n) is 8.07. The van der Waals surface area contributed by atoms with Gasteiger partial charge in [-0.3, -0.25) is 0 Å². The first-order valence-corrected chi connectivity index (χ1v) is 13.7. The average molecular weight is 580 g/mol. The molecule has 2 aromatic carbocycles. The van der Waals surface area contributed by atoms with E-state index >= 15 is 0 Å². The van der Waals surface area contributed by atoms with Gasteiger partial charge in [0.05, 0.1) is 18.9 Å². The van der Waals surface area contributed by atoms with E-state index in [1.807, 2.05) is 11.6 Å². The van der Waals surface area contributed by atoms with Crippen molar-refractivity contribution in [2.24, 2.45) is 7.05 Å². The Morgan fingerprint density at radius 1 is 0.878 bits per heavy atom. The summed E-state index contributed by atoms with van der Waals surface area (Å²) in [7, 11) is 2.09. The maximum atomic E-state index is 5.22. The van der Waals surface area contributed by atoms with Crippen LogP contribution in [0.3, 0.4) is 0 Å². The molecular weight excluding hydrogens is 551 g/mol. The van der Waals surface area contributed by atoms with E-state index in [9.17, 15) is 0 Å². The van der Waals surface area contributed by atoms with Crippen LogP contribution in [-0.4, -0.2) is 23.9 Å². The third kappa shape index (κ3) is 3.80. The van der Waals surface area contributed by atoms with Gasteiger partial charge >= 0.3 is 0 Å². The van der Waals surface area contributed by atoms with Crippen LogP contribution in [0, 0.1) is 19.9 Å². The Balaban J connectivity index is 0.00000276. The Kier molecular flexibility index (Phi) is 5.95. The minimum atomic E-state index is 0. The van der Waals surface area contributed by atoms with E-state index in [2.05, 4.69) is 125 Å². The van der Waals surface area contributed by atoms with E-state index < -0.39 is 0 Å². The Bertz CT molecular complexity index is 2160. The van der Waals surface area contributed by atoms with Crippen molar-refractivity contribution in [3.63, 3.8) is 0 Å². The van der Waals surface area contributed by atoms with Gasteiger partial charge in [0.15, 0.2) is 5.82 Å². The van der Waals surface area contributed by atoms with Crippen molar-refractivity contribution in [3.8, 4) is 17.3 Å². The molecule has 7 heteroatoms. The van der Waals surface area contributed by atoms with Crippen LogP contribution in [0.2, 0.25) is 0 Å². The van der Waals surface area contributed by atoms with Gasteiger partial charge in [0.1, 0.15) is 11.2 Å². The molecule has 0 aliphatic heterocycles. The summed E-state index contributed by atoms with van der Waals surface area (Å²) in [5, 5.41) is 8.26. The first kappa shape index (κ1) is 25.5. The van der Waals surface area contributed by atoms with Crippen molar-refractivity contribution in [1.29, 1.82) is 0 Å². The topological polar surface area (TPSA) is 44.5 Å². The number of rotatable bonds is 3. The molecule has 41 heavy (non-hydrogen) atoms. The molecule has 5 aromatic heterocycles. The summed E-state index contributed by atoms with van der Waals surface area (Å²) in [6, 6.07) is 29.6. The molecule has 0 fully saturated rings. The van der Waals surface area contributed by atoms with Crippen molar-refractivity contribution in [1.82, 2.24) is 23.9 Å². The molecule has 0 atom stereocenters. The Labute approximate surface area is 248 Å². The Morgan fingerprint density at radius 2 is 1.71 bits per heavy atom. The molecule has 0 saturated heterocycles. The molecule has 7 aromatic rings. The molecule has 8 rings (SSSR count). The van der Waals surface area contributed by atoms with Crippen LogP contribution < -0.4 is 4.57 Å². The van der Waals surface area contributed by atoms with Gasteiger partial charge in [-0.2, -0.15) is 11.2 Å². The minimum absolute atomic E-state index is 0. The number of pyridine rings is 2. The van der Waals surface area contributed by atoms with Crippen molar-refractivity contribution < 1.29 is 21.3 Å². The average Bonchev–Trinajstić information content (AvgIpc) is 3.61. The number of aromatic nitrogens is 6. The second kappa shape index (κ2) is 9.57. The predicted molar refractivity (Wildman–Crippen MR) is 159 cm³/mol. The number of hydrogen-bond acceptors (Lipinski definition) is 2. The zero-order valence-corrected chi connectivity index (χ0v) is 24.1. The van der Waals surface area contributed by atoms with Crippen LogP contribution in [0.1, 0.15) is 29.1 Å². The number of benzene rings is 2. The van der Waals surface area contributed by atoms with Crippen LogP contribution in [-0.2, 0) is 30.2 Å². The van der Waals surface area contributed by atoms with Crippen molar-refractivity contribution in [2.45, 2.75) is 26.7 Å². The standard InChI is InChI=1S/C34H28N6.Co/c1-22-20-23(2)40(36-22)32-18-17-28-26-11-5-6-12-29(26)38(34(28)35-32)24-15-16-27-25-10-4-7-13-30(25)39(31(27)21-24)33-14-8-9-19-37(33)3;/h4-5,7-11,13-20H,6,12H2,1-3H3;. The fraction of sp³-hybridized carbons (Fsp3) is 0.147. The van der Waals surface area contributed by atoms with Gasteiger partial charge in [0.25, 0.3) is 5.82 Å². The molecule has 203 valence electrons. The third-order valence-corrected chi connectivity index (χ3v) is 8.07. The minimum Gasteiger partial charge on any atom is -0.322 e. The van der Waals surface area contributed by atoms with Gasteiger partial charge in [0.2, 0.25) is 0 Å². The SMILES string of the molecule is Cc1cc(C)n(-c2ccc3c4c(n(-c5[c-]c6c(cc5)c5ccccc5n6-c5cccc[n+]5C)c3n2)CCC=C4)n1.[Co]. The zero-order valence-electron chi connectivity index (χ0n) is 23.1. The summed E-state index contributed by atoms with van der Waals surface area (Å²) in [6.45, 7) is 4.09. The van der Waals surface area contributed by atoms with Gasteiger partial charge in [-0.25, -0.2) is 18.8 Å². The molecule has 1 aliphatic rings. The van der Waals surface area contributed by atoms with Crippen molar-refractivity contribution in [3.05, 3.63) is 114 Å². The first-order valence-electron chi connectivity index (χ1n) is 13.7. The van der Waals surface area contributed by atoms with Gasteiger partial charge in [-0.1, -0.05) is 47.5 Å². The monoisotopic (exact) mass is 579 g/mol. The summed E-state index contributed by atoms with van der Waals surface area (Å²) in [6.07, 6.45) is 8.57. The van der Waals surface area contributed by atoms with E-state index in [1.54, 1.807) is 0 Å². The maximum Gasteiger partial charge on any atom is 0.284 e. The normalized spacial score (nSPS) is 12.8. The fourth-order valence-electron chi connectivity index (χ4n) is 6.31. The first-order chi connectivity index (χ1) is 19.6. The van der Waals surface area contributed by atoms with Crippen LogP contribution >= 0.6 is 0 Å². The molecule has 0 unspecified atom stereocenters. The number of aryl methyl sites for hydroxylation is 3. The van der Waals surface area contributed by atoms with Crippen LogP contribution in [0.15, 0.2) is 85.1 Å². The molecule has 6 nitrogen and oxygen atoms in total. The van der Waals surface area contributed by atoms with Crippen LogP contribution in [0.5, 0.6) is 0 Å². The molecule has 0 amide bonds. The maximum absolute atomic E-state index is 5.22. The van der Waals surface area contributed by atoms with E-state index in [4.69, 9.17) is 10.1 Å². The van der Waals surface area contributed by atoms with Gasteiger partial charge in [-0.15, -0.1) is 12.1 Å². The second-order valence-corrected chi connectivity index (χ2v) is 10.6. The molecule has 1 radical (unpaired) electrons. The van der Waals surface area contributed by atoms with E-state index in [0.29, 0.717) is 0 Å². The zero-order chi connectivity index (χ0) is 27.0. The van der Waals surface area contributed by atoms with Crippen LogP contribution in [0.4, 0.5) is 0 Å².